The standard InChI is InChI=1S/C13H13F2NO4/c1-16-12(19)20-8-5-13(6-8,11(17)18)7-2-3-9(14)10(15)4-7/h2-4,8H,5-6H2,1H3,(H,16,19)(H,17,18). The number of alkyl carbamates (subject to hydrolysis) is 1. The van der Waals surface area contributed by atoms with Crippen LogP contribution in [0.25, 0.3) is 0 Å². The van der Waals surface area contributed by atoms with E-state index in [0.29, 0.717) is 0 Å². The SMILES string of the molecule is CNC(=O)OC1CC(C(=O)O)(c2ccc(F)c(F)c2)C1. The lowest BCUT2D eigenvalue weighted by Crippen LogP contribution is -2.52. The third-order valence-corrected chi connectivity index (χ3v) is 3.51. The minimum atomic E-state index is -1.34. The first-order valence-corrected chi connectivity index (χ1v) is 5.96. The van der Waals surface area contributed by atoms with E-state index in [4.69, 9.17) is 4.74 Å². The van der Waals surface area contributed by atoms with Crippen molar-refractivity contribution in [1.29, 1.82) is 0 Å². The highest BCUT2D eigenvalue weighted by atomic mass is 19.2. The topological polar surface area (TPSA) is 75.6 Å². The van der Waals surface area contributed by atoms with Crippen molar-refractivity contribution in [2.24, 2.45) is 0 Å². The predicted octanol–water partition coefficient (Wildman–Crippen LogP) is 1.81. The summed E-state index contributed by atoms with van der Waals surface area (Å²) < 4.78 is 31.1. The van der Waals surface area contributed by atoms with Crippen LogP contribution >= 0.6 is 0 Å². The molecule has 0 radical (unpaired) electrons. The molecule has 2 N–H and O–H groups in total. The molecule has 0 atom stereocenters. The number of carbonyl (C=O) groups is 2. The molecule has 1 aromatic carbocycles. The van der Waals surface area contributed by atoms with Gasteiger partial charge in [-0.15, -0.1) is 0 Å². The average Bonchev–Trinajstić information content (AvgIpc) is 2.36. The molecule has 108 valence electrons. The molecule has 0 heterocycles. The van der Waals surface area contributed by atoms with E-state index in [1.165, 1.54) is 13.1 Å². The Morgan fingerprint density at radius 3 is 2.50 bits per heavy atom. The summed E-state index contributed by atoms with van der Waals surface area (Å²) in [5.74, 6) is -3.29. The van der Waals surface area contributed by atoms with Gasteiger partial charge in [-0.1, -0.05) is 6.07 Å². The molecule has 1 amide bonds. The summed E-state index contributed by atoms with van der Waals surface area (Å²) in [4.78, 5) is 22.5. The van der Waals surface area contributed by atoms with Gasteiger partial charge in [-0.3, -0.25) is 4.79 Å². The van der Waals surface area contributed by atoms with Crippen LogP contribution in [0.4, 0.5) is 13.6 Å². The number of benzene rings is 1. The number of nitrogens with one attached hydrogen (secondary N) is 1. The smallest absolute Gasteiger partial charge is 0.407 e. The highest BCUT2D eigenvalue weighted by molar-refractivity contribution is 5.83. The van der Waals surface area contributed by atoms with E-state index in [0.717, 1.165) is 12.1 Å². The molecule has 1 aliphatic rings. The normalized spacial score (nSPS) is 24.6. The Labute approximate surface area is 113 Å². The second kappa shape index (κ2) is 5.07. The Balaban J connectivity index is 2.19. The number of amides is 1. The molecular formula is C13H13F2NO4. The van der Waals surface area contributed by atoms with Crippen molar-refractivity contribution in [2.45, 2.75) is 24.4 Å². The summed E-state index contributed by atoms with van der Waals surface area (Å²) in [6.07, 6.45) is -1.15. The maximum atomic E-state index is 13.2. The first-order chi connectivity index (χ1) is 9.39. The van der Waals surface area contributed by atoms with Crippen molar-refractivity contribution in [3.05, 3.63) is 35.4 Å². The summed E-state index contributed by atoms with van der Waals surface area (Å²) in [7, 11) is 1.39. The average molecular weight is 285 g/mol. The Hall–Kier alpha value is -2.18. The van der Waals surface area contributed by atoms with Gasteiger partial charge in [0, 0.05) is 19.9 Å². The first-order valence-electron chi connectivity index (χ1n) is 5.96. The fraction of sp³-hybridized carbons (Fsp3) is 0.385. The Kier molecular flexibility index (Phi) is 3.61. The minimum Gasteiger partial charge on any atom is -0.481 e. The molecule has 0 unspecified atom stereocenters. The van der Waals surface area contributed by atoms with Gasteiger partial charge in [0.25, 0.3) is 0 Å². The van der Waals surface area contributed by atoms with E-state index >= 15 is 0 Å². The van der Waals surface area contributed by atoms with Gasteiger partial charge in [0.1, 0.15) is 6.10 Å². The molecule has 0 aliphatic heterocycles. The van der Waals surface area contributed by atoms with E-state index in [1.807, 2.05) is 0 Å². The van der Waals surface area contributed by atoms with Crippen molar-refractivity contribution in [1.82, 2.24) is 5.32 Å². The summed E-state index contributed by atoms with van der Waals surface area (Å²) in [6, 6.07) is 3.00. The molecule has 7 heteroatoms. The third-order valence-electron chi connectivity index (χ3n) is 3.51. The number of rotatable bonds is 3. The monoisotopic (exact) mass is 285 g/mol. The second-order valence-corrected chi connectivity index (χ2v) is 4.70. The Bertz CT molecular complexity index is 555. The van der Waals surface area contributed by atoms with Gasteiger partial charge in [-0.25, -0.2) is 13.6 Å². The molecule has 1 aliphatic carbocycles. The lowest BCUT2D eigenvalue weighted by molar-refractivity contribution is -0.153. The van der Waals surface area contributed by atoms with E-state index < -0.39 is 35.2 Å². The first kappa shape index (κ1) is 14.2. The van der Waals surface area contributed by atoms with Gasteiger partial charge in [0.15, 0.2) is 11.6 Å². The quantitative estimate of drug-likeness (QED) is 0.888. The van der Waals surface area contributed by atoms with Gasteiger partial charge >= 0.3 is 12.1 Å². The lowest BCUT2D eigenvalue weighted by atomic mass is 9.62. The van der Waals surface area contributed by atoms with Crippen molar-refractivity contribution in [3.63, 3.8) is 0 Å². The van der Waals surface area contributed by atoms with Crippen LogP contribution in [0.2, 0.25) is 0 Å². The lowest BCUT2D eigenvalue weighted by Gasteiger charge is -2.43. The number of hydrogen-bond donors (Lipinski definition) is 2. The van der Waals surface area contributed by atoms with Crippen molar-refractivity contribution in [3.8, 4) is 0 Å². The number of halogens is 2. The summed E-state index contributed by atoms with van der Waals surface area (Å²) in [6.45, 7) is 0. The van der Waals surface area contributed by atoms with Crippen LogP contribution in [0.5, 0.6) is 0 Å². The van der Waals surface area contributed by atoms with Crippen molar-refractivity contribution < 1.29 is 28.2 Å². The Morgan fingerprint density at radius 1 is 1.35 bits per heavy atom. The zero-order valence-corrected chi connectivity index (χ0v) is 10.7. The second-order valence-electron chi connectivity index (χ2n) is 4.70. The third kappa shape index (κ3) is 2.31. The number of ether oxygens (including phenoxy) is 1. The molecule has 1 saturated carbocycles. The molecule has 5 nitrogen and oxygen atoms in total. The highest BCUT2D eigenvalue weighted by Crippen LogP contribution is 2.46. The molecule has 1 fully saturated rings. The van der Waals surface area contributed by atoms with Crippen LogP contribution in [0, 0.1) is 11.6 Å². The van der Waals surface area contributed by atoms with Gasteiger partial charge < -0.3 is 15.2 Å². The van der Waals surface area contributed by atoms with E-state index in [9.17, 15) is 23.5 Å². The zero-order chi connectivity index (χ0) is 14.9. The van der Waals surface area contributed by atoms with E-state index in [1.54, 1.807) is 0 Å². The van der Waals surface area contributed by atoms with Crippen molar-refractivity contribution >= 4 is 12.1 Å². The number of carbonyl (C=O) groups excluding carboxylic acids is 1. The molecule has 0 aromatic heterocycles. The van der Waals surface area contributed by atoms with Crippen molar-refractivity contribution in [2.75, 3.05) is 7.05 Å². The van der Waals surface area contributed by atoms with Crippen LogP contribution < -0.4 is 5.32 Å². The number of carboxylic acids is 1. The van der Waals surface area contributed by atoms with Gasteiger partial charge in [0.2, 0.25) is 0 Å². The maximum absolute atomic E-state index is 13.2. The fourth-order valence-corrected chi connectivity index (χ4v) is 2.34. The molecule has 0 spiro atoms. The molecule has 1 aromatic rings. The summed E-state index contributed by atoms with van der Waals surface area (Å²) in [5, 5.41) is 11.6. The molecular weight excluding hydrogens is 272 g/mol. The zero-order valence-electron chi connectivity index (χ0n) is 10.7. The van der Waals surface area contributed by atoms with E-state index in [2.05, 4.69) is 5.32 Å². The van der Waals surface area contributed by atoms with Gasteiger partial charge in [-0.05, 0) is 17.7 Å². The van der Waals surface area contributed by atoms with Crippen LogP contribution in [0.3, 0.4) is 0 Å². The summed E-state index contributed by atoms with van der Waals surface area (Å²) >= 11 is 0. The Morgan fingerprint density at radius 2 is 2.00 bits per heavy atom. The van der Waals surface area contributed by atoms with Gasteiger partial charge in [0.05, 0.1) is 5.41 Å². The molecule has 0 saturated heterocycles. The number of carboxylic acid groups (broad SMARTS) is 1. The van der Waals surface area contributed by atoms with Crippen LogP contribution in [-0.4, -0.2) is 30.3 Å². The fourth-order valence-electron chi connectivity index (χ4n) is 2.34. The highest BCUT2D eigenvalue weighted by Gasteiger charge is 2.53. The van der Waals surface area contributed by atoms with E-state index in [-0.39, 0.29) is 18.4 Å². The predicted molar refractivity (Wildman–Crippen MR) is 64.2 cm³/mol. The minimum absolute atomic E-state index is 0.0286. The molecule has 2 rings (SSSR count). The number of hydrogen-bond acceptors (Lipinski definition) is 3. The maximum Gasteiger partial charge on any atom is 0.407 e. The number of aliphatic carboxylic acids is 1. The summed E-state index contributed by atoms with van der Waals surface area (Å²) in [5.41, 5.74) is -1.17. The van der Waals surface area contributed by atoms with Crippen LogP contribution in [0.15, 0.2) is 18.2 Å². The largest absolute Gasteiger partial charge is 0.481 e. The molecule has 0 bridgehead atoms. The molecule has 20 heavy (non-hydrogen) atoms. The van der Waals surface area contributed by atoms with Gasteiger partial charge in [-0.2, -0.15) is 0 Å². The van der Waals surface area contributed by atoms with Crippen LogP contribution in [-0.2, 0) is 14.9 Å². The van der Waals surface area contributed by atoms with Crippen LogP contribution in [0.1, 0.15) is 18.4 Å².